The first-order valence-electron chi connectivity index (χ1n) is 7.65. The molecule has 0 aliphatic heterocycles. The molecule has 0 saturated heterocycles. The van der Waals surface area contributed by atoms with Gasteiger partial charge < -0.3 is 10.6 Å². The predicted molar refractivity (Wildman–Crippen MR) is 88.5 cm³/mol. The summed E-state index contributed by atoms with van der Waals surface area (Å²) >= 11 is 0. The lowest BCUT2D eigenvalue weighted by Crippen LogP contribution is -2.87. The van der Waals surface area contributed by atoms with Crippen LogP contribution in [0.1, 0.15) is 24.1 Å². The fourth-order valence-corrected chi connectivity index (χ4v) is 2.18. The molecule has 5 heteroatoms. The summed E-state index contributed by atoms with van der Waals surface area (Å²) in [5.41, 5.74) is 2.13. The zero-order valence-corrected chi connectivity index (χ0v) is 13.2. The third-order valence-electron chi connectivity index (χ3n) is 3.53. The van der Waals surface area contributed by atoms with E-state index in [-0.39, 0.29) is 18.5 Å². The molecule has 0 spiro atoms. The Kier molecular flexibility index (Phi) is 6.32. The molecule has 3 amide bonds. The molecular weight excluding hydrogens is 290 g/mol. The summed E-state index contributed by atoms with van der Waals surface area (Å²) in [4.78, 5) is 23.5. The van der Waals surface area contributed by atoms with E-state index in [0.29, 0.717) is 6.54 Å². The van der Waals surface area contributed by atoms with Crippen LogP contribution in [0.4, 0.5) is 4.79 Å². The van der Waals surface area contributed by atoms with Crippen LogP contribution < -0.4 is 16.0 Å². The monoisotopic (exact) mass is 312 g/mol. The fourth-order valence-electron chi connectivity index (χ4n) is 2.18. The Morgan fingerprint density at radius 1 is 1.00 bits per heavy atom. The molecule has 0 aliphatic carbocycles. The number of nitrogens with one attached hydrogen (secondary N) is 2. The minimum Gasteiger partial charge on any atom is -0.334 e. The Balaban J connectivity index is 1.69. The van der Waals surface area contributed by atoms with Crippen molar-refractivity contribution in [2.24, 2.45) is 0 Å². The van der Waals surface area contributed by atoms with Crippen molar-refractivity contribution in [2.45, 2.75) is 19.5 Å². The number of hydrogen-bond donors (Lipinski definition) is 3. The second-order valence-electron chi connectivity index (χ2n) is 5.36. The van der Waals surface area contributed by atoms with E-state index >= 15 is 0 Å². The van der Waals surface area contributed by atoms with Crippen LogP contribution >= 0.6 is 0 Å². The van der Waals surface area contributed by atoms with Crippen LogP contribution in [0.2, 0.25) is 0 Å². The number of urea groups is 1. The van der Waals surface area contributed by atoms with Crippen LogP contribution in [0, 0.1) is 0 Å². The Hall–Kier alpha value is -2.66. The number of carbonyl (C=O) groups is 2. The number of carbonyl (C=O) groups excluding carboxylic acids is 2. The average Bonchev–Trinajstić information content (AvgIpc) is 2.59. The van der Waals surface area contributed by atoms with Crippen molar-refractivity contribution in [1.29, 1.82) is 0 Å². The molecule has 0 heterocycles. The average molecular weight is 312 g/mol. The van der Waals surface area contributed by atoms with Crippen LogP contribution in [-0.4, -0.2) is 18.5 Å². The molecule has 23 heavy (non-hydrogen) atoms. The van der Waals surface area contributed by atoms with E-state index < -0.39 is 6.03 Å². The molecule has 0 saturated carbocycles. The third kappa shape index (κ3) is 5.92. The molecule has 2 rings (SSSR count). The Labute approximate surface area is 136 Å². The predicted octanol–water partition coefficient (Wildman–Crippen LogP) is 1.34. The molecule has 4 N–H and O–H groups in total. The molecule has 0 bridgehead atoms. The first-order valence-corrected chi connectivity index (χ1v) is 7.65. The molecule has 2 aromatic rings. The highest BCUT2D eigenvalue weighted by molar-refractivity contribution is 5.94. The second kappa shape index (κ2) is 8.70. The van der Waals surface area contributed by atoms with E-state index in [2.05, 4.69) is 10.6 Å². The van der Waals surface area contributed by atoms with Gasteiger partial charge in [0.25, 0.3) is 5.91 Å². The quantitative estimate of drug-likeness (QED) is 0.753. The van der Waals surface area contributed by atoms with Gasteiger partial charge in [0.1, 0.15) is 6.04 Å². The molecule has 0 radical (unpaired) electrons. The van der Waals surface area contributed by atoms with Crippen molar-refractivity contribution in [3.05, 3.63) is 71.8 Å². The van der Waals surface area contributed by atoms with Gasteiger partial charge in [-0.3, -0.25) is 10.1 Å². The van der Waals surface area contributed by atoms with E-state index in [1.54, 1.807) is 0 Å². The van der Waals surface area contributed by atoms with Crippen molar-refractivity contribution in [3.63, 3.8) is 0 Å². The standard InChI is InChI=1S/C18H21N3O2/c1-14(16-10-6-3-7-11-16)19-13-17(22)21-18(23)20-12-15-8-4-2-5-9-15/h2-11,14,19H,12-13H2,1H3,(H2,20,21,22,23)/p+1/t14-/m1/s1. The summed E-state index contributed by atoms with van der Waals surface area (Å²) in [5.74, 6) is -0.307. The van der Waals surface area contributed by atoms with Gasteiger partial charge in [0.15, 0.2) is 6.54 Å². The Bertz CT molecular complexity index is 629. The zero-order valence-electron chi connectivity index (χ0n) is 13.2. The zero-order chi connectivity index (χ0) is 16.5. The lowest BCUT2D eigenvalue weighted by molar-refractivity contribution is -0.682. The Morgan fingerprint density at radius 2 is 1.61 bits per heavy atom. The highest BCUT2D eigenvalue weighted by Gasteiger charge is 2.13. The van der Waals surface area contributed by atoms with E-state index in [1.165, 1.54) is 0 Å². The summed E-state index contributed by atoms with van der Waals surface area (Å²) in [6, 6.07) is 19.2. The van der Waals surface area contributed by atoms with Gasteiger partial charge in [0.05, 0.1) is 0 Å². The fraction of sp³-hybridized carbons (Fsp3) is 0.222. The van der Waals surface area contributed by atoms with Crippen molar-refractivity contribution >= 4 is 11.9 Å². The van der Waals surface area contributed by atoms with Gasteiger partial charge in [-0.25, -0.2) is 4.79 Å². The van der Waals surface area contributed by atoms with Gasteiger partial charge in [0.2, 0.25) is 0 Å². The molecule has 5 nitrogen and oxygen atoms in total. The number of benzene rings is 2. The van der Waals surface area contributed by atoms with E-state index in [0.717, 1.165) is 11.1 Å². The van der Waals surface area contributed by atoms with Gasteiger partial charge in [-0.1, -0.05) is 60.7 Å². The minimum atomic E-state index is -0.473. The number of nitrogens with two attached hydrogens (primary N) is 1. The van der Waals surface area contributed by atoms with Crippen molar-refractivity contribution < 1.29 is 14.9 Å². The van der Waals surface area contributed by atoms with Crippen LogP contribution in [0.5, 0.6) is 0 Å². The lowest BCUT2D eigenvalue weighted by atomic mass is 10.1. The number of imide groups is 1. The molecule has 0 aliphatic rings. The minimum absolute atomic E-state index is 0.161. The SMILES string of the molecule is C[C@@H]([NH2+]CC(=O)NC(=O)NCc1ccccc1)c1ccccc1. The highest BCUT2D eigenvalue weighted by atomic mass is 16.2. The Morgan fingerprint density at radius 3 is 2.26 bits per heavy atom. The number of hydrogen-bond acceptors (Lipinski definition) is 2. The van der Waals surface area contributed by atoms with Gasteiger partial charge in [-0.2, -0.15) is 0 Å². The summed E-state index contributed by atoms with van der Waals surface area (Å²) < 4.78 is 0. The first kappa shape index (κ1) is 16.7. The van der Waals surface area contributed by atoms with E-state index in [9.17, 15) is 9.59 Å². The third-order valence-corrected chi connectivity index (χ3v) is 3.53. The van der Waals surface area contributed by atoms with Gasteiger partial charge >= 0.3 is 6.03 Å². The maximum absolute atomic E-state index is 11.8. The summed E-state index contributed by atoms with van der Waals surface area (Å²) in [6.07, 6.45) is 0. The number of amides is 3. The molecule has 2 aromatic carbocycles. The van der Waals surface area contributed by atoms with Crippen LogP contribution in [0.25, 0.3) is 0 Å². The van der Waals surface area contributed by atoms with Crippen molar-refractivity contribution in [2.75, 3.05) is 6.54 Å². The summed E-state index contributed by atoms with van der Waals surface area (Å²) in [5, 5.41) is 6.90. The van der Waals surface area contributed by atoms with Crippen molar-refractivity contribution in [1.82, 2.24) is 10.6 Å². The molecule has 120 valence electrons. The smallest absolute Gasteiger partial charge is 0.321 e. The maximum Gasteiger partial charge on any atom is 0.321 e. The maximum atomic E-state index is 11.8. The lowest BCUT2D eigenvalue weighted by Gasteiger charge is -2.11. The molecule has 1 atom stereocenters. The summed E-state index contributed by atoms with van der Waals surface area (Å²) in [6.45, 7) is 2.62. The van der Waals surface area contributed by atoms with Gasteiger partial charge in [-0.15, -0.1) is 0 Å². The normalized spacial score (nSPS) is 11.5. The van der Waals surface area contributed by atoms with E-state index in [1.807, 2.05) is 72.9 Å². The highest BCUT2D eigenvalue weighted by Crippen LogP contribution is 2.05. The molecular formula is C18H22N3O2+. The van der Waals surface area contributed by atoms with Crippen LogP contribution in [0.3, 0.4) is 0 Å². The molecule has 0 unspecified atom stereocenters. The van der Waals surface area contributed by atoms with E-state index in [4.69, 9.17) is 0 Å². The van der Waals surface area contributed by atoms with Crippen molar-refractivity contribution in [3.8, 4) is 0 Å². The molecule has 0 aromatic heterocycles. The number of rotatable bonds is 6. The topological polar surface area (TPSA) is 74.8 Å². The van der Waals surface area contributed by atoms with Crippen LogP contribution in [-0.2, 0) is 11.3 Å². The van der Waals surface area contributed by atoms with Crippen LogP contribution in [0.15, 0.2) is 60.7 Å². The van der Waals surface area contributed by atoms with Gasteiger partial charge in [-0.05, 0) is 12.5 Å². The summed E-state index contributed by atoms with van der Waals surface area (Å²) in [7, 11) is 0. The number of quaternary nitrogens is 1. The largest absolute Gasteiger partial charge is 0.334 e. The second-order valence-corrected chi connectivity index (χ2v) is 5.36. The van der Waals surface area contributed by atoms with Gasteiger partial charge in [0, 0.05) is 12.1 Å². The first-order chi connectivity index (χ1) is 11.1. The molecule has 0 fully saturated rings.